The van der Waals surface area contributed by atoms with Gasteiger partial charge in [-0.1, -0.05) is 77.8 Å². The number of hydrogen-bond donors (Lipinski definition) is 2. The lowest BCUT2D eigenvalue weighted by molar-refractivity contribution is -0.119. The summed E-state index contributed by atoms with van der Waals surface area (Å²) in [5.41, 5.74) is 7.71. The number of fused-ring (bicyclic) bond motifs is 1. The number of amides is 2. The second-order valence-electron chi connectivity index (χ2n) is 13.6. The molecule has 256 valence electrons. The second kappa shape index (κ2) is 14.8. The fourth-order valence-corrected chi connectivity index (χ4v) is 7.12. The molecule has 10 heteroatoms. The minimum Gasteiger partial charge on any atom is -0.481 e. The third-order valence-electron chi connectivity index (χ3n) is 8.87. The topological polar surface area (TPSA) is 92.8 Å². The van der Waals surface area contributed by atoms with Crippen molar-refractivity contribution in [2.24, 2.45) is 0 Å². The molecule has 0 radical (unpaired) electrons. The fourth-order valence-electron chi connectivity index (χ4n) is 6.46. The van der Waals surface area contributed by atoms with E-state index in [4.69, 9.17) is 37.7 Å². The number of halogens is 2. The van der Waals surface area contributed by atoms with E-state index in [-0.39, 0.29) is 18.5 Å². The molecular formula is C39H42Cl2N4O4. The molecule has 49 heavy (non-hydrogen) atoms. The van der Waals surface area contributed by atoms with Crippen molar-refractivity contribution in [1.82, 2.24) is 20.5 Å². The van der Waals surface area contributed by atoms with Crippen molar-refractivity contribution in [3.05, 3.63) is 93.5 Å². The highest BCUT2D eigenvalue weighted by molar-refractivity contribution is 6.39. The number of hydrogen-bond acceptors (Lipinski definition) is 6. The summed E-state index contributed by atoms with van der Waals surface area (Å²) < 4.78 is 11.4. The third-order valence-corrected chi connectivity index (χ3v) is 9.68. The quantitative estimate of drug-likeness (QED) is 0.192. The Morgan fingerprint density at radius 3 is 2.35 bits per heavy atom. The van der Waals surface area contributed by atoms with Crippen LogP contribution in [0, 0.1) is 0 Å². The van der Waals surface area contributed by atoms with Gasteiger partial charge in [-0.2, -0.15) is 0 Å². The van der Waals surface area contributed by atoms with Gasteiger partial charge in [0.05, 0.1) is 29.4 Å². The number of rotatable bonds is 8. The van der Waals surface area contributed by atoms with Crippen LogP contribution in [0.3, 0.4) is 0 Å². The molecule has 0 bridgehead atoms. The number of methoxy groups -OCH3 is 1. The van der Waals surface area contributed by atoms with Crippen LogP contribution < -0.4 is 15.4 Å². The van der Waals surface area contributed by atoms with Crippen molar-refractivity contribution in [3.63, 3.8) is 0 Å². The molecule has 4 aromatic rings. The molecule has 2 aliphatic heterocycles. The molecule has 1 fully saturated rings. The van der Waals surface area contributed by atoms with Gasteiger partial charge in [0.1, 0.15) is 5.60 Å². The Balaban J connectivity index is 1.29. The number of nitrogens with zero attached hydrogens (tertiary/aromatic N) is 2. The van der Waals surface area contributed by atoms with Crippen molar-refractivity contribution < 1.29 is 19.1 Å². The third kappa shape index (κ3) is 8.04. The highest BCUT2D eigenvalue weighted by atomic mass is 35.5. The van der Waals surface area contributed by atoms with E-state index in [2.05, 4.69) is 28.8 Å². The maximum absolute atomic E-state index is 13.3. The first-order valence-electron chi connectivity index (χ1n) is 16.7. The summed E-state index contributed by atoms with van der Waals surface area (Å²) in [5.74, 6) is 0.345. The largest absolute Gasteiger partial charge is 0.481 e. The van der Waals surface area contributed by atoms with Crippen molar-refractivity contribution >= 4 is 35.2 Å². The average molecular weight is 702 g/mol. The molecule has 0 aliphatic carbocycles. The molecule has 2 aliphatic rings. The summed E-state index contributed by atoms with van der Waals surface area (Å²) in [4.78, 5) is 31.5. The van der Waals surface area contributed by atoms with Gasteiger partial charge in [0.2, 0.25) is 11.8 Å². The molecule has 2 N–H and O–H groups in total. The summed E-state index contributed by atoms with van der Waals surface area (Å²) in [6.07, 6.45) is 2.76. The maximum atomic E-state index is 13.3. The van der Waals surface area contributed by atoms with Crippen LogP contribution in [0.1, 0.15) is 56.7 Å². The predicted octanol–water partition coefficient (Wildman–Crippen LogP) is 8.45. The fraction of sp³-hybridized carbons (Fsp3) is 0.359. The van der Waals surface area contributed by atoms with E-state index in [1.54, 1.807) is 12.0 Å². The van der Waals surface area contributed by atoms with Gasteiger partial charge in [0.15, 0.2) is 0 Å². The Morgan fingerprint density at radius 2 is 1.65 bits per heavy atom. The SMILES string of the molecule is COc1nc(-c2cccc(-c3cccc(-c4ccc5c(c4)CCCNC5)c3Cl)c2Cl)ccc1CN(C[C@@H]1CCC(=O)N1)C(=O)OC(C)(C)C. The second-order valence-corrected chi connectivity index (χ2v) is 14.4. The zero-order valence-electron chi connectivity index (χ0n) is 28.4. The maximum Gasteiger partial charge on any atom is 0.410 e. The highest BCUT2D eigenvalue weighted by Gasteiger charge is 2.29. The van der Waals surface area contributed by atoms with E-state index in [0.29, 0.717) is 46.6 Å². The molecule has 3 aromatic carbocycles. The van der Waals surface area contributed by atoms with E-state index >= 15 is 0 Å². The summed E-state index contributed by atoms with van der Waals surface area (Å²) in [6.45, 7) is 7.87. The Hall–Kier alpha value is -4.11. The summed E-state index contributed by atoms with van der Waals surface area (Å²) in [7, 11) is 1.55. The Bertz CT molecular complexity index is 1870. The van der Waals surface area contributed by atoms with Gasteiger partial charge in [-0.25, -0.2) is 9.78 Å². The van der Waals surface area contributed by atoms with Gasteiger partial charge >= 0.3 is 6.09 Å². The van der Waals surface area contributed by atoms with Gasteiger partial charge in [-0.05, 0) is 75.4 Å². The monoisotopic (exact) mass is 700 g/mol. The van der Waals surface area contributed by atoms with Crippen LogP contribution in [0.4, 0.5) is 4.79 Å². The smallest absolute Gasteiger partial charge is 0.410 e. The van der Waals surface area contributed by atoms with Crippen molar-refractivity contribution in [2.75, 3.05) is 20.2 Å². The highest BCUT2D eigenvalue weighted by Crippen LogP contribution is 2.43. The minimum absolute atomic E-state index is 0.0170. The molecule has 1 atom stereocenters. The molecule has 0 saturated carbocycles. The van der Waals surface area contributed by atoms with Gasteiger partial charge < -0.3 is 25.0 Å². The predicted molar refractivity (Wildman–Crippen MR) is 195 cm³/mol. The average Bonchev–Trinajstić information content (AvgIpc) is 3.33. The number of benzene rings is 3. The Kier molecular flexibility index (Phi) is 10.5. The van der Waals surface area contributed by atoms with Gasteiger partial charge in [-0.3, -0.25) is 4.79 Å². The van der Waals surface area contributed by atoms with Gasteiger partial charge in [-0.15, -0.1) is 0 Å². The van der Waals surface area contributed by atoms with E-state index in [1.807, 2.05) is 69.3 Å². The molecule has 2 amide bonds. The summed E-state index contributed by atoms with van der Waals surface area (Å²) >= 11 is 14.3. The van der Waals surface area contributed by atoms with E-state index in [9.17, 15) is 9.59 Å². The zero-order valence-corrected chi connectivity index (χ0v) is 29.9. The van der Waals surface area contributed by atoms with Crippen LogP contribution in [0.5, 0.6) is 5.88 Å². The standard InChI is InChI=1S/C39H42Cl2N4O4/c1-39(2,3)49-38(47)45(23-28-16-18-34(46)43-28)22-27-15-17-33(44-37(27)48-4)32-12-6-11-31(36(32)41)30-10-5-9-29(35(30)40)25-13-14-26-21-42-19-7-8-24(26)20-25/h5-6,9-15,17,20,28,42H,7-8,16,18-19,21-23H2,1-4H3,(H,43,46)/t28-/m0/s1. The first kappa shape index (κ1) is 34.7. The van der Waals surface area contributed by atoms with Crippen LogP contribution in [0.15, 0.2) is 66.7 Å². The molecular weight excluding hydrogens is 659 g/mol. The number of aryl methyl sites for hydroxylation is 1. The molecule has 1 aromatic heterocycles. The number of nitrogens with one attached hydrogen (secondary N) is 2. The molecule has 3 heterocycles. The first-order valence-corrected chi connectivity index (χ1v) is 17.5. The van der Waals surface area contributed by atoms with Crippen molar-refractivity contribution in [1.29, 1.82) is 0 Å². The van der Waals surface area contributed by atoms with E-state index in [1.165, 1.54) is 11.1 Å². The lowest BCUT2D eigenvalue weighted by Gasteiger charge is -2.29. The first-order chi connectivity index (χ1) is 23.5. The number of aromatic nitrogens is 1. The summed E-state index contributed by atoms with van der Waals surface area (Å²) in [6, 6.07) is 22.1. The lowest BCUT2D eigenvalue weighted by Crippen LogP contribution is -2.43. The van der Waals surface area contributed by atoms with Crippen LogP contribution in [0.2, 0.25) is 10.0 Å². The molecule has 0 spiro atoms. The zero-order chi connectivity index (χ0) is 34.7. The van der Waals surface area contributed by atoms with Crippen molar-refractivity contribution in [3.8, 4) is 39.4 Å². The Labute approximate surface area is 298 Å². The van der Waals surface area contributed by atoms with E-state index < -0.39 is 11.7 Å². The number of carbonyl (C=O) groups is 2. The molecule has 8 nitrogen and oxygen atoms in total. The van der Waals surface area contributed by atoms with Gasteiger partial charge in [0.25, 0.3) is 0 Å². The minimum atomic E-state index is -0.678. The van der Waals surface area contributed by atoms with Gasteiger partial charge in [0, 0.05) is 53.4 Å². The molecule has 0 unspecified atom stereocenters. The number of pyridine rings is 1. The van der Waals surface area contributed by atoms with Crippen LogP contribution in [-0.4, -0.2) is 53.7 Å². The van der Waals surface area contributed by atoms with Crippen molar-refractivity contribution in [2.45, 2.75) is 71.2 Å². The summed E-state index contributed by atoms with van der Waals surface area (Å²) in [5, 5.41) is 7.58. The number of ether oxygens (including phenoxy) is 2. The van der Waals surface area contributed by atoms with E-state index in [0.717, 1.165) is 53.7 Å². The Morgan fingerprint density at radius 1 is 0.939 bits per heavy atom. The molecule has 1 saturated heterocycles. The molecule has 6 rings (SSSR count). The van der Waals surface area contributed by atoms with Crippen LogP contribution >= 0.6 is 23.2 Å². The number of carbonyl (C=O) groups excluding carboxylic acids is 2. The lowest BCUT2D eigenvalue weighted by atomic mass is 9.94. The van der Waals surface area contributed by atoms with Crippen LogP contribution in [-0.2, 0) is 29.0 Å². The normalized spacial score (nSPS) is 16.0. The van der Waals surface area contributed by atoms with Crippen LogP contribution in [0.25, 0.3) is 33.5 Å².